The van der Waals surface area contributed by atoms with Gasteiger partial charge in [0.25, 0.3) is 11.8 Å². The van der Waals surface area contributed by atoms with E-state index in [1.54, 1.807) is 6.33 Å². The number of pyridine rings is 1. The molecule has 0 aliphatic carbocycles. The van der Waals surface area contributed by atoms with E-state index in [2.05, 4.69) is 25.8 Å². The van der Waals surface area contributed by atoms with Gasteiger partial charge in [0.15, 0.2) is 10.8 Å². The van der Waals surface area contributed by atoms with Gasteiger partial charge in [0, 0.05) is 17.9 Å². The van der Waals surface area contributed by atoms with Crippen LogP contribution in [0.5, 0.6) is 0 Å². The standard InChI is InChI=1S/C26H28ClN9O7S2/c1-12(24(39)40)43-33-16(15-19(27)45-26(28)32-15)21(37)31-17-22(38)36-18(25(41)42)13(10-44-23(17)36)9-34-7-3-5-14-20(34)30-11-35(14)8-4-6-29-2/h3,5,7,11-12,17,23,29H,4,6,8-10H2,1-2H3,(H4-,28,31,32,37,39,40,41,42)/p+1/t12-,17?,23+/m0/s1. The van der Waals surface area contributed by atoms with E-state index < -0.39 is 47.0 Å². The van der Waals surface area contributed by atoms with Crippen molar-refractivity contribution in [2.24, 2.45) is 5.16 Å². The number of nitrogens with zero attached hydrogens (tertiary/aromatic N) is 6. The van der Waals surface area contributed by atoms with E-state index in [0.29, 0.717) is 11.2 Å². The molecular weight excluding hydrogens is 650 g/mol. The zero-order chi connectivity index (χ0) is 32.4. The van der Waals surface area contributed by atoms with Crippen molar-refractivity contribution in [2.75, 3.05) is 25.1 Å². The van der Waals surface area contributed by atoms with Crippen LogP contribution in [0.25, 0.3) is 11.2 Å². The number of carbonyl (C=O) groups is 4. The van der Waals surface area contributed by atoms with Crippen molar-refractivity contribution in [1.29, 1.82) is 0 Å². The SMILES string of the molecule is CNCCCn1cnc2c1ccc[n+]2CC1=C(C(=O)O)N2C(=O)C(NC(=O)C(=NO[C@@H](C)C(=O)O)c3nc(N)sc3Cl)[C@H]2SC1. The highest BCUT2D eigenvalue weighted by Crippen LogP contribution is 2.40. The normalized spacial score (nSPS) is 18.9. The minimum Gasteiger partial charge on any atom is -0.478 e. The van der Waals surface area contributed by atoms with Crippen LogP contribution in [-0.4, -0.2) is 96.0 Å². The van der Waals surface area contributed by atoms with Crippen molar-refractivity contribution in [3.63, 3.8) is 0 Å². The Morgan fingerprint density at radius 2 is 2.13 bits per heavy atom. The highest BCUT2D eigenvalue weighted by atomic mass is 35.5. The van der Waals surface area contributed by atoms with E-state index >= 15 is 0 Å². The van der Waals surface area contributed by atoms with Crippen molar-refractivity contribution in [3.05, 3.63) is 46.0 Å². The number of carboxylic acid groups (broad SMARTS) is 2. The highest BCUT2D eigenvalue weighted by Gasteiger charge is 2.54. The summed E-state index contributed by atoms with van der Waals surface area (Å²) in [5.74, 6) is -3.92. The molecule has 5 heterocycles. The fraction of sp³-hybridized carbons (Fsp3) is 0.385. The van der Waals surface area contributed by atoms with Gasteiger partial charge in [-0.15, -0.1) is 11.8 Å². The van der Waals surface area contributed by atoms with Gasteiger partial charge in [0.05, 0.1) is 6.20 Å². The summed E-state index contributed by atoms with van der Waals surface area (Å²) in [4.78, 5) is 64.9. The molecule has 16 nitrogen and oxygen atoms in total. The average molecular weight is 679 g/mol. The number of nitrogens with one attached hydrogen (secondary N) is 2. The Morgan fingerprint density at radius 3 is 2.80 bits per heavy atom. The number of carboxylic acids is 2. The number of aromatic nitrogens is 4. The Morgan fingerprint density at radius 1 is 1.36 bits per heavy atom. The van der Waals surface area contributed by atoms with E-state index in [-0.39, 0.29) is 33.2 Å². The number of rotatable bonds is 13. The molecule has 3 atom stereocenters. The first-order chi connectivity index (χ1) is 21.5. The fourth-order valence-electron chi connectivity index (χ4n) is 4.87. The number of β-lactam (4-membered cyclic amide) rings is 1. The second kappa shape index (κ2) is 13.4. The molecule has 5 rings (SSSR count). The highest BCUT2D eigenvalue weighted by molar-refractivity contribution is 8.00. The largest absolute Gasteiger partial charge is 0.478 e. The van der Waals surface area contributed by atoms with Crippen LogP contribution in [-0.2, 0) is 37.1 Å². The average Bonchev–Trinajstić information content (AvgIpc) is 3.57. The molecule has 0 radical (unpaired) electrons. The van der Waals surface area contributed by atoms with Crippen LogP contribution in [0, 0.1) is 0 Å². The number of thiazole rings is 1. The number of anilines is 1. The Labute approximate surface area is 268 Å². The summed E-state index contributed by atoms with van der Waals surface area (Å²) >= 11 is 8.32. The molecule has 1 saturated heterocycles. The molecule has 1 unspecified atom stereocenters. The molecule has 0 saturated carbocycles. The first kappa shape index (κ1) is 32.1. The molecule has 1 fully saturated rings. The molecule has 2 amide bonds. The molecule has 6 N–H and O–H groups in total. The predicted octanol–water partition coefficient (Wildman–Crippen LogP) is 0.258. The van der Waals surface area contributed by atoms with Gasteiger partial charge in [0.1, 0.15) is 39.2 Å². The van der Waals surface area contributed by atoms with E-state index in [0.717, 1.165) is 41.3 Å². The first-order valence-corrected chi connectivity index (χ1v) is 15.8. The van der Waals surface area contributed by atoms with Crippen LogP contribution < -0.4 is 20.9 Å². The van der Waals surface area contributed by atoms with Crippen LogP contribution in [0.4, 0.5) is 5.13 Å². The zero-order valence-corrected chi connectivity index (χ0v) is 26.4. The third-order valence-electron chi connectivity index (χ3n) is 7.07. The molecule has 3 aromatic heterocycles. The first-order valence-electron chi connectivity index (χ1n) is 13.6. The van der Waals surface area contributed by atoms with Crippen molar-refractivity contribution >= 4 is 80.5 Å². The van der Waals surface area contributed by atoms with Crippen molar-refractivity contribution in [1.82, 2.24) is 30.1 Å². The van der Waals surface area contributed by atoms with Crippen LogP contribution in [0.1, 0.15) is 19.0 Å². The number of aliphatic carboxylic acids is 2. The number of halogens is 1. The number of hydrogen-bond acceptors (Lipinski definition) is 12. The third kappa shape index (κ3) is 6.44. The number of imidazole rings is 1. The molecular formula is C26H29ClN9O7S2+. The van der Waals surface area contributed by atoms with E-state index in [1.807, 2.05) is 34.5 Å². The summed E-state index contributed by atoms with van der Waals surface area (Å²) in [6.07, 6.45) is 3.06. The fourth-order valence-corrected chi connectivity index (χ4v) is 7.13. The number of oxime groups is 1. The van der Waals surface area contributed by atoms with Crippen LogP contribution in [0.15, 0.2) is 41.1 Å². The van der Waals surface area contributed by atoms with Gasteiger partial charge in [-0.2, -0.15) is 0 Å². The molecule has 2 aliphatic heterocycles. The molecule has 45 heavy (non-hydrogen) atoms. The number of amides is 2. The summed E-state index contributed by atoms with van der Waals surface area (Å²) in [5.41, 5.74) is 6.99. The second-order valence-electron chi connectivity index (χ2n) is 10.1. The van der Waals surface area contributed by atoms with Gasteiger partial charge in [0.2, 0.25) is 12.4 Å². The Hall–Kier alpha value is -4.26. The molecule has 3 aromatic rings. The summed E-state index contributed by atoms with van der Waals surface area (Å²) in [6.45, 7) is 3.00. The quantitative estimate of drug-likeness (QED) is 0.0541. The van der Waals surface area contributed by atoms with Gasteiger partial charge in [-0.1, -0.05) is 28.1 Å². The van der Waals surface area contributed by atoms with Crippen LogP contribution >= 0.6 is 34.7 Å². The Kier molecular flexibility index (Phi) is 9.56. The molecule has 2 aliphatic rings. The van der Waals surface area contributed by atoms with Crippen LogP contribution in [0.2, 0.25) is 4.34 Å². The summed E-state index contributed by atoms with van der Waals surface area (Å²) in [7, 11) is 1.89. The van der Waals surface area contributed by atoms with Crippen LogP contribution in [0.3, 0.4) is 0 Å². The van der Waals surface area contributed by atoms with E-state index in [9.17, 15) is 24.3 Å². The van der Waals surface area contributed by atoms with Gasteiger partial charge < -0.3 is 36.0 Å². The van der Waals surface area contributed by atoms with Gasteiger partial charge in [-0.05, 0) is 44.1 Å². The predicted molar refractivity (Wildman–Crippen MR) is 164 cm³/mol. The second-order valence-corrected chi connectivity index (χ2v) is 12.8. The molecule has 0 spiro atoms. The number of nitrogens with two attached hydrogens (primary N) is 1. The monoisotopic (exact) mass is 678 g/mol. The van der Waals surface area contributed by atoms with Crippen molar-refractivity contribution < 1.29 is 38.8 Å². The van der Waals surface area contributed by atoms with Gasteiger partial charge in [-0.3, -0.25) is 14.5 Å². The summed E-state index contributed by atoms with van der Waals surface area (Å²) < 4.78 is 3.88. The van der Waals surface area contributed by atoms with E-state index in [4.69, 9.17) is 27.3 Å². The van der Waals surface area contributed by atoms with Crippen molar-refractivity contribution in [3.8, 4) is 0 Å². The van der Waals surface area contributed by atoms with Gasteiger partial charge >= 0.3 is 17.6 Å². The smallest absolute Gasteiger partial charge is 0.352 e. The molecule has 19 heteroatoms. The number of carbonyl (C=O) groups excluding carboxylic acids is 2. The number of hydrogen-bond donors (Lipinski definition) is 5. The van der Waals surface area contributed by atoms with Crippen molar-refractivity contribution in [2.45, 2.75) is 44.0 Å². The number of nitrogen functional groups attached to an aromatic ring is 1. The molecule has 0 bridgehead atoms. The van der Waals surface area contributed by atoms with Gasteiger partial charge in [-0.25, -0.2) is 19.1 Å². The number of aryl methyl sites for hydroxylation is 1. The zero-order valence-electron chi connectivity index (χ0n) is 24.0. The lowest BCUT2D eigenvalue weighted by Gasteiger charge is -2.49. The summed E-state index contributed by atoms with van der Waals surface area (Å²) in [6, 6.07) is 2.70. The minimum absolute atomic E-state index is 0.00218. The van der Waals surface area contributed by atoms with E-state index in [1.165, 1.54) is 18.7 Å². The number of thioether (sulfide) groups is 1. The molecule has 0 aromatic carbocycles. The maximum atomic E-state index is 13.3. The summed E-state index contributed by atoms with van der Waals surface area (Å²) in [5, 5.41) is 27.9. The number of fused-ring (bicyclic) bond motifs is 2. The Balaban J connectivity index is 1.36. The minimum atomic E-state index is -1.41. The lowest BCUT2D eigenvalue weighted by atomic mass is 10.0. The topological polar surface area (TPSA) is 218 Å². The third-order valence-corrected chi connectivity index (χ3v) is 9.49. The maximum absolute atomic E-state index is 13.3. The lowest BCUT2D eigenvalue weighted by molar-refractivity contribution is -0.664. The lowest BCUT2D eigenvalue weighted by Crippen LogP contribution is -2.71. The maximum Gasteiger partial charge on any atom is 0.352 e. The molecule has 238 valence electrons. The Bertz CT molecular complexity index is 1740.